The Labute approximate surface area is 155 Å². The molecule has 4 aliphatic heterocycles. The highest BCUT2D eigenvalue weighted by Gasteiger charge is 2.69. The molecule has 5 fully saturated rings. The van der Waals surface area contributed by atoms with E-state index in [1.165, 1.54) is 6.26 Å². The Kier molecular flexibility index (Phi) is 4.69. The van der Waals surface area contributed by atoms with Crippen molar-refractivity contribution in [3.8, 4) is 0 Å². The van der Waals surface area contributed by atoms with Crippen molar-refractivity contribution in [1.82, 2.24) is 0 Å². The van der Waals surface area contributed by atoms with Crippen LogP contribution in [0.1, 0.15) is 46.5 Å². The minimum absolute atomic E-state index is 0.0160. The van der Waals surface area contributed by atoms with Crippen LogP contribution in [0.4, 0.5) is 0 Å². The van der Waals surface area contributed by atoms with E-state index in [0.717, 1.165) is 25.7 Å². The molecular formula is C18H30O7S. The maximum absolute atomic E-state index is 11.4. The Balaban J connectivity index is 1.60. The third-order valence-corrected chi connectivity index (χ3v) is 7.74. The van der Waals surface area contributed by atoms with Gasteiger partial charge in [-0.3, -0.25) is 0 Å². The minimum Gasteiger partial charge on any atom is -0.351 e. The molecule has 0 aromatic rings. The number of sulfone groups is 1. The smallest absolute Gasteiger partial charge is 0.201 e. The van der Waals surface area contributed by atoms with E-state index < -0.39 is 33.8 Å². The summed E-state index contributed by atoms with van der Waals surface area (Å²) in [5.41, 5.74) is -0.607. The van der Waals surface area contributed by atoms with E-state index in [-0.39, 0.29) is 24.2 Å². The lowest BCUT2D eigenvalue weighted by Gasteiger charge is -2.60. The lowest BCUT2D eigenvalue weighted by Crippen LogP contribution is -2.70. The fourth-order valence-corrected chi connectivity index (χ4v) is 5.78. The molecule has 5 rings (SSSR count). The van der Waals surface area contributed by atoms with E-state index in [1.54, 1.807) is 0 Å². The van der Waals surface area contributed by atoms with E-state index in [4.69, 9.17) is 24.0 Å². The molecule has 1 spiro atoms. The quantitative estimate of drug-likeness (QED) is 0.681. The van der Waals surface area contributed by atoms with Crippen molar-refractivity contribution in [2.24, 2.45) is 23.7 Å². The third kappa shape index (κ3) is 3.02. The molecule has 1 aliphatic carbocycles. The maximum Gasteiger partial charge on any atom is 0.201 e. The van der Waals surface area contributed by atoms with Crippen molar-refractivity contribution in [1.29, 1.82) is 0 Å². The van der Waals surface area contributed by atoms with Crippen LogP contribution in [0, 0.1) is 23.7 Å². The predicted octanol–water partition coefficient (Wildman–Crippen LogP) is 2.26. The van der Waals surface area contributed by atoms with E-state index in [0.29, 0.717) is 11.8 Å². The fourth-order valence-electron chi connectivity index (χ4n) is 5.38. The van der Waals surface area contributed by atoms with Crippen LogP contribution >= 0.6 is 0 Å². The van der Waals surface area contributed by atoms with Gasteiger partial charge >= 0.3 is 0 Å². The molecule has 7 nitrogen and oxygen atoms in total. The van der Waals surface area contributed by atoms with Crippen LogP contribution in [0.2, 0.25) is 0 Å². The SMILES string of the molecule is C[C@H]1[C@H](OCCS(C)(=O)=O)O[C@@H]2O[C@@]3(C)CC[C@H]4[C@H](C)CC[C@@H]1[C@@]24OO3. The fraction of sp³-hybridized carbons (Fsp3) is 1.00. The second kappa shape index (κ2) is 6.39. The minimum atomic E-state index is -3.07. The van der Waals surface area contributed by atoms with Gasteiger partial charge in [-0.25, -0.2) is 18.2 Å². The van der Waals surface area contributed by atoms with Gasteiger partial charge in [-0.2, -0.15) is 0 Å². The van der Waals surface area contributed by atoms with Crippen LogP contribution < -0.4 is 0 Å². The van der Waals surface area contributed by atoms with Crippen LogP contribution in [0.15, 0.2) is 0 Å². The van der Waals surface area contributed by atoms with Crippen molar-refractivity contribution in [2.75, 3.05) is 18.6 Å². The van der Waals surface area contributed by atoms with Gasteiger partial charge in [0.2, 0.25) is 5.79 Å². The van der Waals surface area contributed by atoms with Crippen LogP contribution in [-0.2, 0) is 33.8 Å². The van der Waals surface area contributed by atoms with Gasteiger partial charge < -0.3 is 14.2 Å². The molecule has 4 heterocycles. The van der Waals surface area contributed by atoms with Crippen LogP contribution in [0.3, 0.4) is 0 Å². The van der Waals surface area contributed by atoms with Crippen molar-refractivity contribution in [3.63, 3.8) is 0 Å². The molecule has 0 unspecified atom stereocenters. The zero-order valence-corrected chi connectivity index (χ0v) is 16.8. The topological polar surface area (TPSA) is 80.3 Å². The second-order valence-corrected chi connectivity index (χ2v) is 11.0. The van der Waals surface area contributed by atoms with Gasteiger partial charge in [0.1, 0.15) is 9.84 Å². The van der Waals surface area contributed by atoms with Gasteiger partial charge in [0.15, 0.2) is 18.2 Å². The van der Waals surface area contributed by atoms with E-state index >= 15 is 0 Å². The Bertz CT molecular complexity index is 652. The Morgan fingerprint density at radius 3 is 2.62 bits per heavy atom. The van der Waals surface area contributed by atoms with Crippen molar-refractivity contribution >= 4 is 9.84 Å². The van der Waals surface area contributed by atoms with Gasteiger partial charge in [0.25, 0.3) is 0 Å². The molecule has 8 atom stereocenters. The first-order valence-electron chi connectivity index (χ1n) is 9.64. The molecule has 26 heavy (non-hydrogen) atoms. The van der Waals surface area contributed by atoms with Crippen LogP contribution in [-0.4, -0.2) is 51.0 Å². The number of ether oxygens (including phenoxy) is 3. The largest absolute Gasteiger partial charge is 0.351 e. The van der Waals surface area contributed by atoms with E-state index in [2.05, 4.69) is 13.8 Å². The molecule has 5 aliphatic rings. The van der Waals surface area contributed by atoms with Gasteiger partial charge in [-0.05, 0) is 38.0 Å². The number of rotatable bonds is 4. The molecule has 0 N–H and O–H groups in total. The molecule has 0 amide bonds. The predicted molar refractivity (Wildman–Crippen MR) is 92.5 cm³/mol. The van der Waals surface area contributed by atoms with Crippen LogP contribution in [0.25, 0.3) is 0 Å². The first kappa shape index (κ1) is 19.1. The average molecular weight is 390 g/mol. The Morgan fingerprint density at radius 2 is 1.88 bits per heavy atom. The zero-order chi connectivity index (χ0) is 18.7. The van der Waals surface area contributed by atoms with Gasteiger partial charge in [0.05, 0.1) is 12.4 Å². The molecule has 0 aromatic heterocycles. The zero-order valence-electron chi connectivity index (χ0n) is 16.0. The Hall–Kier alpha value is -0.250. The second-order valence-electron chi connectivity index (χ2n) is 8.77. The van der Waals surface area contributed by atoms with Crippen molar-refractivity contribution < 1.29 is 32.4 Å². The molecule has 8 heteroatoms. The lowest BCUT2D eigenvalue weighted by molar-refractivity contribution is -0.577. The monoisotopic (exact) mass is 390 g/mol. The van der Waals surface area contributed by atoms with Gasteiger partial charge in [0, 0.05) is 24.5 Å². The highest BCUT2D eigenvalue weighted by Crippen LogP contribution is 2.60. The number of hydrogen-bond acceptors (Lipinski definition) is 7. The summed E-state index contributed by atoms with van der Waals surface area (Å²) in [6, 6.07) is 0. The van der Waals surface area contributed by atoms with Crippen molar-refractivity contribution in [2.45, 2.75) is 70.4 Å². The number of fused-ring (bicyclic) bond motifs is 2. The van der Waals surface area contributed by atoms with E-state index in [1.807, 2.05) is 6.92 Å². The first-order chi connectivity index (χ1) is 12.1. The summed E-state index contributed by atoms with van der Waals surface area (Å²) in [5.74, 6) is 0.256. The van der Waals surface area contributed by atoms with Crippen LogP contribution in [0.5, 0.6) is 0 Å². The third-order valence-electron chi connectivity index (χ3n) is 6.83. The van der Waals surface area contributed by atoms with Gasteiger partial charge in [-0.15, -0.1) is 0 Å². The summed E-state index contributed by atoms with van der Waals surface area (Å²) >= 11 is 0. The van der Waals surface area contributed by atoms with Gasteiger partial charge in [-0.1, -0.05) is 13.8 Å². The average Bonchev–Trinajstić information content (AvgIpc) is 2.77. The highest BCUT2D eigenvalue weighted by atomic mass is 32.2. The molecular weight excluding hydrogens is 360 g/mol. The first-order valence-corrected chi connectivity index (χ1v) is 11.7. The Morgan fingerprint density at radius 1 is 1.12 bits per heavy atom. The van der Waals surface area contributed by atoms with Crippen molar-refractivity contribution in [3.05, 3.63) is 0 Å². The normalized spacial score (nSPS) is 50.9. The maximum atomic E-state index is 11.4. The summed E-state index contributed by atoms with van der Waals surface area (Å²) in [7, 11) is -3.07. The molecule has 0 aromatic carbocycles. The molecule has 4 saturated heterocycles. The highest BCUT2D eigenvalue weighted by molar-refractivity contribution is 7.90. The summed E-state index contributed by atoms with van der Waals surface area (Å²) in [6.45, 7) is 6.37. The summed E-state index contributed by atoms with van der Waals surface area (Å²) in [5, 5.41) is 0. The molecule has 0 radical (unpaired) electrons. The summed E-state index contributed by atoms with van der Waals surface area (Å²) < 4.78 is 41.1. The molecule has 1 saturated carbocycles. The summed E-state index contributed by atoms with van der Waals surface area (Å²) in [6.07, 6.45) is 4.03. The number of hydrogen-bond donors (Lipinski definition) is 0. The molecule has 2 bridgehead atoms. The van der Waals surface area contributed by atoms with E-state index in [9.17, 15) is 8.42 Å². The lowest BCUT2D eigenvalue weighted by atomic mass is 9.58. The standard InChI is InChI=1S/C18H30O7S/c1-11-5-6-14-12(2)15(21-9-10-26(4,19)20)22-16-18(14)13(11)7-8-17(3,23-16)24-25-18/h11-16H,5-10H2,1-4H3/t11-,12-,13+,14+,15-,16-,17-,18-/m1/s1. The summed E-state index contributed by atoms with van der Waals surface area (Å²) in [4.78, 5) is 11.8. The molecule has 150 valence electrons.